The number of hydrogen-bond acceptors (Lipinski definition) is 6. The summed E-state index contributed by atoms with van der Waals surface area (Å²) in [6.07, 6.45) is 10.2. The smallest absolute Gasteiger partial charge is 0.225 e. The van der Waals surface area contributed by atoms with Crippen LogP contribution >= 0.6 is 11.6 Å². The SMILES string of the molecule is Cn1cnnc1-c1ccc(NCC[C@@H]2C[C@@H]2C2CCN(c3ncc(Cl)cn3)CC2)cc1. The van der Waals surface area contributed by atoms with Gasteiger partial charge in [-0.15, -0.1) is 10.2 Å². The quantitative estimate of drug-likeness (QED) is 0.594. The van der Waals surface area contributed by atoms with Crippen molar-refractivity contribution in [3.05, 3.63) is 48.0 Å². The summed E-state index contributed by atoms with van der Waals surface area (Å²) < 4.78 is 1.93. The zero-order valence-electron chi connectivity index (χ0n) is 17.8. The molecule has 162 valence electrons. The lowest BCUT2D eigenvalue weighted by Gasteiger charge is -2.32. The standard InChI is InChI=1S/C23H28ClN7/c1-30-15-28-29-22(30)17-2-4-20(5-3-17)25-9-6-18-12-21(18)16-7-10-31(11-8-16)23-26-13-19(24)14-27-23/h2-5,13-16,18,21,25H,6-12H2,1H3/t18-,21-/m1/s1. The normalized spacial score (nSPS) is 21.3. The largest absolute Gasteiger partial charge is 0.385 e. The van der Waals surface area contributed by atoms with Crippen LogP contribution in [-0.4, -0.2) is 44.4 Å². The van der Waals surface area contributed by atoms with Crippen molar-refractivity contribution in [1.82, 2.24) is 24.7 Å². The monoisotopic (exact) mass is 437 g/mol. The highest BCUT2D eigenvalue weighted by molar-refractivity contribution is 6.30. The van der Waals surface area contributed by atoms with Crippen LogP contribution in [0.4, 0.5) is 11.6 Å². The van der Waals surface area contributed by atoms with Crippen LogP contribution in [0.15, 0.2) is 43.0 Å². The number of anilines is 2. The fraction of sp³-hybridized carbons (Fsp3) is 0.478. The molecule has 3 heterocycles. The fourth-order valence-electron chi connectivity index (χ4n) is 4.86. The van der Waals surface area contributed by atoms with Crippen molar-refractivity contribution in [2.75, 3.05) is 29.9 Å². The molecule has 1 aliphatic heterocycles. The molecule has 1 aliphatic carbocycles. The van der Waals surface area contributed by atoms with E-state index in [1.54, 1.807) is 18.7 Å². The number of aryl methyl sites for hydroxylation is 1. The van der Waals surface area contributed by atoms with Gasteiger partial charge in [-0.1, -0.05) is 11.6 Å². The van der Waals surface area contributed by atoms with Gasteiger partial charge in [-0.25, -0.2) is 9.97 Å². The molecule has 31 heavy (non-hydrogen) atoms. The summed E-state index contributed by atoms with van der Waals surface area (Å²) in [4.78, 5) is 11.0. The molecule has 5 rings (SSSR count). The number of piperidine rings is 1. The minimum Gasteiger partial charge on any atom is -0.385 e. The number of aromatic nitrogens is 5. The summed E-state index contributed by atoms with van der Waals surface area (Å²) in [5, 5.41) is 12.3. The zero-order chi connectivity index (χ0) is 21.2. The molecule has 2 fully saturated rings. The Morgan fingerprint density at radius 3 is 2.52 bits per heavy atom. The molecule has 2 atom stereocenters. The van der Waals surface area contributed by atoms with Gasteiger partial charge >= 0.3 is 0 Å². The molecular weight excluding hydrogens is 410 g/mol. The summed E-state index contributed by atoms with van der Waals surface area (Å²) in [5.74, 6) is 4.31. The van der Waals surface area contributed by atoms with Crippen LogP contribution in [0.2, 0.25) is 5.02 Å². The van der Waals surface area contributed by atoms with E-state index in [4.69, 9.17) is 11.6 Å². The third kappa shape index (κ3) is 4.66. The van der Waals surface area contributed by atoms with Crippen molar-refractivity contribution in [2.45, 2.75) is 25.7 Å². The Kier molecular flexibility index (Phi) is 5.76. The van der Waals surface area contributed by atoms with Gasteiger partial charge < -0.3 is 14.8 Å². The molecule has 0 spiro atoms. The van der Waals surface area contributed by atoms with Crippen LogP contribution in [0.25, 0.3) is 11.4 Å². The number of nitrogens with one attached hydrogen (secondary N) is 1. The lowest BCUT2D eigenvalue weighted by Crippen LogP contribution is -2.35. The van der Waals surface area contributed by atoms with E-state index in [2.05, 4.69) is 54.6 Å². The van der Waals surface area contributed by atoms with Crippen LogP contribution < -0.4 is 10.2 Å². The van der Waals surface area contributed by atoms with Gasteiger partial charge in [-0.2, -0.15) is 0 Å². The molecule has 0 amide bonds. The molecule has 0 unspecified atom stereocenters. The van der Waals surface area contributed by atoms with Crippen LogP contribution in [-0.2, 0) is 7.05 Å². The maximum Gasteiger partial charge on any atom is 0.225 e. The number of rotatable bonds is 7. The van der Waals surface area contributed by atoms with Gasteiger partial charge in [-0.3, -0.25) is 0 Å². The Morgan fingerprint density at radius 1 is 1.10 bits per heavy atom. The third-order valence-electron chi connectivity index (χ3n) is 6.71. The van der Waals surface area contributed by atoms with Crippen molar-refractivity contribution < 1.29 is 0 Å². The second-order valence-corrected chi connectivity index (χ2v) is 9.18. The van der Waals surface area contributed by atoms with E-state index in [9.17, 15) is 0 Å². The first-order valence-corrected chi connectivity index (χ1v) is 11.5. The molecule has 2 aromatic heterocycles. The van der Waals surface area contributed by atoms with E-state index in [0.717, 1.165) is 54.7 Å². The molecule has 0 bridgehead atoms. The van der Waals surface area contributed by atoms with Crippen molar-refractivity contribution in [2.24, 2.45) is 24.8 Å². The van der Waals surface area contributed by atoms with E-state index >= 15 is 0 Å². The average molecular weight is 438 g/mol. The summed E-state index contributed by atoms with van der Waals surface area (Å²) in [6.45, 7) is 3.12. The van der Waals surface area contributed by atoms with E-state index in [-0.39, 0.29) is 0 Å². The lowest BCUT2D eigenvalue weighted by molar-refractivity contribution is 0.343. The van der Waals surface area contributed by atoms with Gasteiger partial charge in [0.2, 0.25) is 5.95 Å². The third-order valence-corrected chi connectivity index (χ3v) is 6.91. The molecule has 1 N–H and O–H groups in total. The Morgan fingerprint density at radius 2 is 1.84 bits per heavy atom. The van der Waals surface area contributed by atoms with Gasteiger partial charge in [0, 0.05) is 37.9 Å². The number of nitrogens with zero attached hydrogens (tertiary/aromatic N) is 6. The summed E-state index contributed by atoms with van der Waals surface area (Å²) in [6, 6.07) is 8.46. The van der Waals surface area contributed by atoms with Crippen molar-refractivity contribution in [3.8, 4) is 11.4 Å². The maximum atomic E-state index is 5.90. The molecule has 8 heteroatoms. The van der Waals surface area contributed by atoms with Crippen LogP contribution in [0, 0.1) is 17.8 Å². The van der Waals surface area contributed by atoms with Crippen molar-refractivity contribution >= 4 is 23.2 Å². The summed E-state index contributed by atoms with van der Waals surface area (Å²) in [7, 11) is 1.96. The van der Waals surface area contributed by atoms with Gasteiger partial charge in [0.1, 0.15) is 6.33 Å². The zero-order valence-corrected chi connectivity index (χ0v) is 18.5. The van der Waals surface area contributed by atoms with Gasteiger partial charge in [0.25, 0.3) is 0 Å². The van der Waals surface area contributed by atoms with E-state index in [0.29, 0.717) is 5.02 Å². The molecule has 7 nitrogen and oxygen atoms in total. The molecule has 1 saturated carbocycles. The highest BCUT2D eigenvalue weighted by Crippen LogP contribution is 2.49. The van der Waals surface area contributed by atoms with Crippen molar-refractivity contribution in [3.63, 3.8) is 0 Å². The summed E-state index contributed by atoms with van der Waals surface area (Å²) in [5.41, 5.74) is 2.25. The topological polar surface area (TPSA) is 71.8 Å². The Bertz CT molecular complexity index is 994. The number of hydrogen-bond donors (Lipinski definition) is 1. The second-order valence-electron chi connectivity index (χ2n) is 8.74. The van der Waals surface area contributed by atoms with Crippen LogP contribution in [0.3, 0.4) is 0 Å². The Labute approximate surface area is 187 Å². The van der Waals surface area contributed by atoms with Gasteiger partial charge in [0.15, 0.2) is 5.82 Å². The maximum absolute atomic E-state index is 5.90. The highest BCUT2D eigenvalue weighted by atomic mass is 35.5. The predicted molar refractivity (Wildman–Crippen MR) is 123 cm³/mol. The molecule has 1 saturated heterocycles. The minimum atomic E-state index is 0.592. The first-order chi connectivity index (χ1) is 15.2. The van der Waals surface area contributed by atoms with Gasteiger partial charge in [-0.05, 0) is 67.7 Å². The number of halogens is 1. The van der Waals surface area contributed by atoms with Crippen LogP contribution in [0.1, 0.15) is 25.7 Å². The summed E-state index contributed by atoms with van der Waals surface area (Å²) >= 11 is 5.90. The van der Waals surface area contributed by atoms with Gasteiger partial charge in [0.05, 0.1) is 17.4 Å². The van der Waals surface area contributed by atoms with E-state index in [1.807, 2.05) is 11.6 Å². The molecular formula is C23H28ClN7. The molecule has 2 aliphatic rings. The van der Waals surface area contributed by atoms with E-state index < -0.39 is 0 Å². The predicted octanol–water partition coefficient (Wildman–Crippen LogP) is 4.28. The number of benzene rings is 1. The highest BCUT2D eigenvalue weighted by Gasteiger charge is 2.43. The molecule has 1 aromatic carbocycles. The Balaban J connectivity index is 1.04. The second kappa shape index (κ2) is 8.83. The average Bonchev–Trinajstić information content (AvgIpc) is 3.45. The minimum absolute atomic E-state index is 0.592. The van der Waals surface area contributed by atoms with Crippen LogP contribution in [0.5, 0.6) is 0 Å². The van der Waals surface area contributed by atoms with E-state index in [1.165, 1.54) is 31.4 Å². The molecule has 3 aromatic rings. The molecule has 0 radical (unpaired) electrons. The lowest BCUT2D eigenvalue weighted by atomic mass is 9.90. The first kappa shape index (κ1) is 20.2. The Hall–Kier alpha value is -2.67. The van der Waals surface area contributed by atoms with Crippen molar-refractivity contribution in [1.29, 1.82) is 0 Å². The fourth-order valence-corrected chi connectivity index (χ4v) is 4.96. The first-order valence-electron chi connectivity index (χ1n) is 11.1.